The van der Waals surface area contributed by atoms with E-state index >= 15 is 0 Å². The van der Waals surface area contributed by atoms with Crippen molar-refractivity contribution in [3.05, 3.63) is 48.2 Å². The van der Waals surface area contributed by atoms with E-state index in [-0.39, 0.29) is 5.91 Å². The van der Waals surface area contributed by atoms with Gasteiger partial charge in [0.2, 0.25) is 0 Å². The predicted octanol–water partition coefficient (Wildman–Crippen LogP) is 2.19. The quantitative estimate of drug-likeness (QED) is 0.915. The van der Waals surface area contributed by atoms with Crippen LogP contribution in [-0.2, 0) is 4.74 Å². The van der Waals surface area contributed by atoms with Gasteiger partial charge in [0.1, 0.15) is 5.56 Å². The van der Waals surface area contributed by atoms with E-state index in [4.69, 9.17) is 4.74 Å². The van der Waals surface area contributed by atoms with Gasteiger partial charge in [0.15, 0.2) is 0 Å². The van der Waals surface area contributed by atoms with Gasteiger partial charge in [0.25, 0.3) is 11.7 Å². The smallest absolute Gasteiger partial charge is 0.287 e. The van der Waals surface area contributed by atoms with Crippen LogP contribution in [0.3, 0.4) is 0 Å². The first-order valence-corrected chi connectivity index (χ1v) is 9.31. The van der Waals surface area contributed by atoms with Crippen LogP contribution in [-0.4, -0.2) is 45.3 Å². The fraction of sp³-hybridized carbons (Fsp3) is 0.400. The van der Waals surface area contributed by atoms with Crippen molar-refractivity contribution in [3.63, 3.8) is 0 Å². The molecule has 4 rings (SSSR count). The molecule has 6 heteroatoms. The molecule has 0 spiro atoms. The van der Waals surface area contributed by atoms with E-state index in [1.165, 1.54) is 12.8 Å². The zero-order valence-electron chi connectivity index (χ0n) is 14.9. The fourth-order valence-corrected chi connectivity index (χ4v) is 3.59. The van der Waals surface area contributed by atoms with Crippen LogP contribution in [0, 0.1) is 0 Å². The minimum atomic E-state index is -0.0807. The van der Waals surface area contributed by atoms with Gasteiger partial charge >= 0.3 is 0 Å². The average molecular weight is 353 g/mol. The van der Waals surface area contributed by atoms with Crippen molar-refractivity contribution in [3.8, 4) is 0 Å². The topological polar surface area (TPSA) is 59.0 Å². The molecule has 1 aromatic heterocycles. The maximum atomic E-state index is 12.8. The number of pyridine rings is 1. The van der Waals surface area contributed by atoms with E-state index in [1.54, 1.807) is 0 Å². The Morgan fingerprint density at radius 3 is 2.42 bits per heavy atom. The summed E-state index contributed by atoms with van der Waals surface area (Å²) in [7, 11) is 0. The van der Waals surface area contributed by atoms with Crippen molar-refractivity contribution >= 4 is 23.1 Å². The van der Waals surface area contributed by atoms with Crippen LogP contribution >= 0.6 is 0 Å². The standard InChI is InChI=1S/C20H24N4O2/c25-20(18-4-3-9-21-19(18)24-10-1-2-11-24)22-16-5-7-17(8-6-16)23-12-14-26-15-13-23/h3-9H,1-2,10-15H2,(H,22,25)/p+1. The number of ether oxygens (including phenoxy) is 1. The molecule has 2 aliphatic rings. The second-order valence-electron chi connectivity index (χ2n) is 6.73. The van der Waals surface area contributed by atoms with Crippen LogP contribution in [0.25, 0.3) is 0 Å². The molecule has 0 unspecified atom stereocenters. The van der Waals surface area contributed by atoms with Crippen molar-refractivity contribution in [2.24, 2.45) is 0 Å². The van der Waals surface area contributed by atoms with Crippen molar-refractivity contribution < 1.29 is 14.5 Å². The van der Waals surface area contributed by atoms with Gasteiger partial charge in [-0.25, -0.2) is 4.98 Å². The largest absolute Gasteiger partial charge is 0.378 e. The number of carbonyl (C=O) groups is 1. The number of aromatic amines is 1. The van der Waals surface area contributed by atoms with Gasteiger partial charge < -0.3 is 15.0 Å². The second-order valence-corrected chi connectivity index (χ2v) is 6.73. The predicted molar refractivity (Wildman–Crippen MR) is 102 cm³/mol. The van der Waals surface area contributed by atoms with Crippen molar-refractivity contribution in [1.82, 2.24) is 0 Å². The first-order chi connectivity index (χ1) is 12.8. The molecular formula is C20H25N4O2+. The molecule has 136 valence electrons. The van der Waals surface area contributed by atoms with E-state index in [9.17, 15) is 4.79 Å². The molecular weight excluding hydrogens is 328 g/mol. The van der Waals surface area contributed by atoms with E-state index in [0.717, 1.165) is 56.6 Å². The minimum absolute atomic E-state index is 0.0807. The van der Waals surface area contributed by atoms with E-state index < -0.39 is 0 Å². The van der Waals surface area contributed by atoms with Crippen molar-refractivity contribution in [2.45, 2.75) is 12.8 Å². The number of aromatic nitrogens is 1. The highest BCUT2D eigenvalue weighted by Gasteiger charge is 2.26. The summed E-state index contributed by atoms with van der Waals surface area (Å²) < 4.78 is 5.39. The molecule has 2 aromatic rings. The summed E-state index contributed by atoms with van der Waals surface area (Å²) in [5.74, 6) is 0.829. The third kappa shape index (κ3) is 3.65. The zero-order chi connectivity index (χ0) is 17.8. The van der Waals surface area contributed by atoms with E-state index in [2.05, 4.69) is 32.2 Å². The number of carbonyl (C=O) groups excluding carboxylic acids is 1. The summed E-state index contributed by atoms with van der Waals surface area (Å²) >= 11 is 0. The fourth-order valence-electron chi connectivity index (χ4n) is 3.59. The molecule has 2 N–H and O–H groups in total. The Kier molecular flexibility index (Phi) is 5.02. The maximum Gasteiger partial charge on any atom is 0.287 e. The Morgan fingerprint density at radius 2 is 1.69 bits per heavy atom. The van der Waals surface area contributed by atoms with Crippen LogP contribution in [0.15, 0.2) is 42.6 Å². The lowest BCUT2D eigenvalue weighted by atomic mass is 10.2. The number of rotatable bonds is 4. The first-order valence-electron chi connectivity index (χ1n) is 9.31. The SMILES string of the molecule is O=C(Nc1ccc(N2CCOCC2)cc1)c1ccc[nH+]c1N1CCCC1. The second kappa shape index (κ2) is 7.74. The molecule has 0 radical (unpaired) electrons. The van der Waals surface area contributed by atoms with E-state index in [1.807, 2.05) is 30.5 Å². The molecule has 2 aliphatic heterocycles. The summed E-state index contributed by atoms with van der Waals surface area (Å²) in [5.41, 5.74) is 2.66. The van der Waals surface area contributed by atoms with Gasteiger partial charge in [0, 0.05) is 24.5 Å². The van der Waals surface area contributed by atoms with E-state index in [0.29, 0.717) is 5.56 Å². The number of hydrogen-bond donors (Lipinski definition) is 1. The molecule has 0 aliphatic carbocycles. The summed E-state index contributed by atoms with van der Waals surface area (Å²) in [4.78, 5) is 20.6. The first kappa shape index (κ1) is 16.8. The van der Waals surface area contributed by atoms with Gasteiger partial charge in [-0.05, 0) is 49.2 Å². The molecule has 0 saturated carbocycles. The monoisotopic (exact) mass is 353 g/mol. The van der Waals surface area contributed by atoms with Crippen LogP contribution in [0.4, 0.5) is 17.2 Å². The summed E-state index contributed by atoms with van der Waals surface area (Å²) in [5, 5.41) is 3.02. The molecule has 0 atom stereocenters. The molecule has 1 amide bonds. The lowest BCUT2D eigenvalue weighted by Gasteiger charge is -2.28. The molecule has 1 aromatic carbocycles. The lowest BCUT2D eigenvalue weighted by Crippen LogP contribution is -2.36. The molecule has 26 heavy (non-hydrogen) atoms. The number of nitrogens with one attached hydrogen (secondary N) is 2. The lowest BCUT2D eigenvalue weighted by molar-refractivity contribution is -0.364. The Morgan fingerprint density at radius 1 is 0.962 bits per heavy atom. The Labute approximate surface area is 153 Å². The number of amides is 1. The van der Waals surface area contributed by atoms with Crippen LogP contribution < -0.4 is 20.1 Å². The van der Waals surface area contributed by atoms with Gasteiger partial charge in [0.05, 0.1) is 32.5 Å². The van der Waals surface area contributed by atoms with Gasteiger partial charge in [-0.15, -0.1) is 0 Å². The number of anilines is 3. The number of morpholine rings is 1. The highest BCUT2D eigenvalue weighted by molar-refractivity contribution is 6.07. The minimum Gasteiger partial charge on any atom is -0.378 e. The maximum absolute atomic E-state index is 12.8. The Balaban J connectivity index is 1.46. The van der Waals surface area contributed by atoms with Crippen molar-refractivity contribution in [2.75, 3.05) is 54.5 Å². The number of nitrogens with zero attached hydrogens (tertiary/aromatic N) is 2. The summed E-state index contributed by atoms with van der Waals surface area (Å²) in [6, 6.07) is 11.8. The Hall–Kier alpha value is -2.60. The molecule has 2 saturated heterocycles. The van der Waals surface area contributed by atoms with Crippen LogP contribution in [0.1, 0.15) is 23.2 Å². The number of hydrogen-bond acceptors (Lipinski definition) is 4. The highest BCUT2D eigenvalue weighted by atomic mass is 16.5. The molecule has 6 nitrogen and oxygen atoms in total. The molecule has 2 fully saturated rings. The van der Waals surface area contributed by atoms with Crippen LogP contribution in [0.5, 0.6) is 0 Å². The number of H-pyrrole nitrogens is 1. The zero-order valence-corrected chi connectivity index (χ0v) is 14.9. The van der Waals surface area contributed by atoms with Crippen LogP contribution in [0.2, 0.25) is 0 Å². The van der Waals surface area contributed by atoms with Crippen molar-refractivity contribution in [1.29, 1.82) is 0 Å². The summed E-state index contributed by atoms with van der Waals surface area (Å²) in [6.45, 7) is 5.34. The highest BCUT2D eigenvalue weighted by Crippen LogP contribution is 2.22. The van der Waals surface area contributed by atoms with Gasteiger partial charge in [-0.2, -0.15) is 0 Å². The third-order valence-electron chi connectivity index (χ3n) is 5.00. The number of benzene rings is 1. The molecule has 0 bridgehead atoms. The Bertz CT molecular complexity index is 751. The normalized spacial score (nSPS) is 17.4. The van der Waals surface area contributed by atoms with Gasteiger partial charge in [-0.3, -0.25) is 9.69 Å². The third-order valence-corrected chi connectivity index (χ3v) is 5.00. The summed E-state index contributed by atoms with van der Waals surface area (Å²) in [6.07, 6.45) is 4.22. The average Bonchev–Trinajstić information content (AvgIpc) is 3.24. The van der Waals surface area contributed by atoms with Gasteiger partial charge in [-0.1, -0.05) is 0 Å². The molecule has 3 heterocycles.